The minimum atomic E-state index is -3.80. The van der Waals surface area contributed by atoms with Gasteiger partial charge in [0.1, 0.15) is 0 Å². The Labute approximate surface area is 123 Å². The van der Waals surface area contributed by atoms with Crippen LogP contribution in [0.3, 0.4) is 0 Å². The number of aliphatic carboxylic acids is 1. The van der Waals surface area contributed by atoms with Crippen molar-refractivity contribution < 1.29 is 18.3 Å². The first-order valence-electron chi connectivity index (χ1n) is 6.54. The van der Waals surface area contributed by atoms with Crippen molar-refractivity contribution in [2.45, 2.75) is 31.2 Å². The first kappa shape index (κ1) is 15.5. The molecule has 1 N–H and O–H groups in total. The van der Waals surface area contributed by atoms with Crippen LogP contribution >= 0.6 is 0 Å². The third-order valence-electron chi connectivity index (χ3n) is 3.92. The number of hydrogen-bond donors (Lipinski definition) is 1. The number of carboxylic acid groups (broad SMARTS) is 1. The number of nitriles is 1. The Kier molecular flexibility index (Phi) is 4.03. The second-order valence-electron chi connectivity index (χ2n) is 5.18. The van der Waals surface area contributed by atoms with Gasteiger partial charge in [-0.25, -0.2) is 8.42 Å². The molecule has 1 aliphatic heterocycles. The smallest absolute Gasteiger partial charge is 0.308 e. The molecule has 2 atom stereocenters. The second kappa shape index (κ2) is 5.47. The SMILES string of the molecule is Cc1ccc(C#N)cc1S(=O)(=O)N1CCC(C(=O)O)C1C. The number of sulfonamides is 1. The van der Waals surface area contributed by atoms with Crippen molar-refractivity contribution in [3.8, 4) is 6.07 Å². The third-order valence-corrected chi connectivity index (χ3v) is 6.05. The quantitative estimate of drug-likeness (QED) is 0.908. The van der Waals surface area contributed by atoms with Crippen molar-refractivity contribution in [1.82, 2.24) is 4.31 Å². The van der Waals surface area contributed by atoms with Crippen molar-refractivity contribution in [2.24, 2.45) is 5.92 Å². The average Bonchev–Trinajstić information content (AvgIpc) is 2.81. The van der Waals surface area contributed by atoms with Gasteiger partial charge < -0.3 is 5.11 Å². The molecule has 2 unspecified atom stereocenters. The maximum Gasteiger partial charge on any atom is 0.308 e. The van der Waals surface area contributed by atoms with Crippen molar-refractivity contribution in [3.05, 3.63) is 29.3 Å². The summed E-state index contributed by atoms with van der Waals surface area (Å²) in [5, 5.41) is 18.0. The highest BCUT2D eigenvalue weighted by Crippen LogP contribution is 2.31. The van der Waals surface area contributed by atoms with E-state index in [2.05, 4.69) is 0 Å². The van der Waals surface area contributed by atoms with E-state index in [1.807, 2.05) is 6.07 Å². The molecule has 1 aliphatic rings. The lowest BCUT2D eigenvalue weighted by molar-refractivity contribution is -0.142. The van der Waals surface area contributed by atoms with Crippen molar-refractivity contribution in [3.63, 3.8) is 0 Å². The van der Waals surface area contributed by atoms with Crippen molar-refractivity contribution in [1.29, 1.82) is 5.26 Å². The third kappa shape index (κ3) is 2.64. The summed E-state index contributed by atoms with van der Waals surface area (Å²) >= 11 is 0. The average molecular weight is 308 g/mol. The maximum atomic E-state index is 12.7. The highest BCUT2D eigenvalue weighted by Gasteiger charge is 2.42. The van der Waals surface area contributed by atoms with E-state index in [0.29, 0.717) is 12.0 Å². The Morgan fingerprint density at radius 3 is 2.67 bits per heavy atom. The maximum absolute atomic E-state index is 12.7. The zero-order valence-electron chi connectivity index (χ0n) is 11.8. The molecule has 6 nitrogen and oxygen atoms in total. The van der Waals surface area contributed by atoms with E-state index in [1.165, 1.54) is 10.4 Å². The van der Waals surface area contributed by atoms with Gasteiger partial charge in [-0.15, -0.1) is 0 Å². The van der Waals surface area contributed by atoms with Gasteiger partial charge in [0.15, 0.2) is 0 Å². The molecule has 112 valence electrons. The fraction of sp³-hybridized carbons (Fsp3) is 0.429. The molecular weight excluding hydrogens is 292 g/mol. The molecular formula is C14H16N2O4S. The predicted molar refractivity (Wildman–Crippen MR) is 75.0 cm³/mol. The Bertz CT molecular complexity index is 721. The van der Waals surface area contributed by atoms with E-state index in [-0.39, 0.29) is 17.0 Å². The fourth-order valence-electron chi connectivity index (χ4n) is 2.65. The van der Waals surface area contributed by atoms with Gasteiger partial charge >= 0.3 is 5.97 Å². The summed E-state index contributed by atoms with van der Waals surface area (Å²) in [4.78, 5) is 11.2. The van der Waals surface area contributed by atoms with Crippen LogP contribution in [-0.4, -0.2) is 36.4 Å². The zero-order valence-corrected chi connectivity index (χ0v) is 12.6. The first-order valence-corrected chi connectivity index (χ1v) is 7.98. The molecule has 1 aromatic rings. The van der Waals surface area contributed by atoms with Crippen LogP contribution in [0.1, 0.15) is 24.5 Å². The van der Waals surface area contributed by atoms with Gasteiger partial charge in [0.2, 0.25) is 10.0 Å². The first-order chi connectivity index (χ1) is 9.78. The van der Waals surface area contributed by atoms with Crippen molar-refractivity contribution in [2.75, 3.05) is 6.54 Å². The van der Waals surface area contributed by atoms with Gasteiger partial charge in [0, 0.05) is 12.6 Å². The lowest BCUT2D eigenvalue weighted by Crippen LogP contribution is -2.37. The van der Waals surface area contributed by atoms with Crippen LogP contribution in [0.15, 0.2) is 23.1 Å². The molecule has 1 heterocycles. The fourth-order valence-corrected chi connectivity index (χ4v) is 4.59. The lowest BCUT2D eigenvalue weighted by atomic mass is 10.0. The molecule has 0 saturated carbocycles. The van der Waals surface area contributed by atoms with E-state index in [9.17, 15) is 13.2 Å². The molecule has 1 saturated heterocycles. The van der Waals surface area contributed by atoms with Gasteiger partial charge in [-0.3, -0.25) is 4.79 Å². The summed E-state index contributed by atoms with van der Waals surface area (Å²) in [5.74, 6) is -1.68. The number of carboxylic acids is 1. The molecule has 21 heavy (non-hydrogen) atoms. The van der Waals surface area contributed by atoms with Crippen LogP contribution in [-0.2, 0) is 14.8 Å². The Balaban J connectivity index is 2.45. The molecule has 0 radical (unpaired) electrons. The van der Waals surface area contributed by atoms with Crippen LogP contribution in [0.4, 0.5) is 0 Å². The molecule has 0 aliphatic carbocycles. The van der Waals surface area contributed by atoms with Gasteiger partial charge in [0.25, 0.3) is 0 Å². The summed E-state index contributed by atoms with van der Waals surface area (Å²) in [5.41, 5.74) is 0.806. The van der Waals surface area contributed by atoms with Gasteiger partial charge in [-0.05, 0) is 38.0 Å². The Morgan fingerprint density at radius 2 is 2.14 bits per heavy atom. The van der Waals surface area contributed by atoms with Crippen LogP contribution in [0, 0.1) is 24.2 Å². The topological polar surface area (TPSA) is 98.5 Å². The highest BCUT2D eigenvalue weighted by atomic mass is 32.2. The number of carbonyl (C=O) groups is 1. The summed E-state index contributed by atoms with van der Waals surface area (Å²) < 4.78 is 26.7. The lowest BCUT2D eigenvalue weighted by Gasteiger charge is -2.23. The number of rotatable bonds is 3. The second-order valence-corrected chi connectivity index (χ2v) is 7.04. The molecule has 0 spiro atoms. The molecule has 1 aromatic carbocycles. The normalized spacial score (nSPS) is 22.9. The van der Waals surface area contributed by atoms with Crippen molar-refractivity contribution >= 4 is 16.0 Å². The molecule has 1 fully saturated rings. The van der Waals surface area contributed by atoms with E-state index in [4.69, 9.17) is 10.4 Å². The number of aryl methyl sites for hydroxylation is 1. The summed E-state index contributed by atoms with van der Waals surface area (Å²) in [6.07, 6.45) is 0.298. The van der Waals surface area contributed by atoms with Crippen LogP contribution in [0.25, 0.3) is 0 Å². The highest BCUT2D eigenvalue weighted by molar-refractivity contribution is 7.89. The standard InChI is InChI=1S/C14H16N2O4S/c1-9-3-4-11(8-15)7-13(9)21(19,20)16-6-5-12(10(16)2)14(17)18/h3-4,7,10,12H,5-6H2,1-2H3,(H,17,18). The number of benzene rings is 1. The Hall–Kier alpha value is -1.91. The largest absolute Gasteiger partial charge is 0.481 e. The molecule has 0 amide bonds. The Morgan fingerprint density at radius 1 is 1.48 bits per heavy atom. The van der Waals surface area contributed by atoms with Crippen LogP contribution in [0.2, 0.25) is 0 Å². The van der Waals surface area contributed by atoms with E-state index < -0.39 is 28.0 Å². The van der Waals surface area contributed by atoms with E-state index in [0.717, 1.165) is 0 Å². The van der Waals surface area contributed by atoms with Crippen LogP contribution in [0.5, 0.6) is 0 Å². The number of nitrogens with zero attached hydrogens (tertiary/aromatic N) is 2. The molecule has 2 rings (SSSR count). The monoisotopic (exact) mass is 308 g/mol. The predicted octanol–water partition coefficient (Wildman–Crippen LogP) is 1.35. The summed E-state index contributed by atoms with van der Waals surface area (Å²) in [6, 6.07) is 5.80. The summed E-state index contributed by atoms with van der Waals surface area (Å²) in [6.45, 7) is 3.44. The van der Waals surface area contributed by atoms with E-state index >= 15 is 0 Å². The van der Waals surface area contributed by atoms with Gasteiger partial charge in [-0.2, -0.15) is 9.57 Å². The number of hydrogen-bond acceptors (Lipinski definition) is 4. The summed E-state index contributed by atoms with van der Waals surface area (Å²) in [7, 11) is -3.80. The van der Waals surface area contributed by atoms with E-state index in [1.54, 1.807) is 26.0 Å². The minimum Gasteiger partial charge on any atom is -0.481 e. The van der Waals surface area contributed by atoms with Crippen LogP contribution < -0.4 is 0 Å². The molecule has 0 aromatic heterocycles. The molecule has 7 heteroatoms. The minimum absolute atomic E-state index is 0.0689. The van der Waals surface area contributed by atoms with Gasteiger partial charge in [0.05, 0.1) is 22.4 Å². The molecule has 0 bridgehead atoms. The zero-order chi connectivity index (χ0) is 15.8. The van der Waals surface area contributed by atoms with Gasteiger partial charge in [-0.1, -0.05) is 6.07 Å².